The first kappa shape index (κ1) is 18.9. The number of carbonyl (C=O) groups is 1. The van der Waals surface area contributed by atoms with Crippen LogP contribution in [0.1, 0.15) is 28.7 Å². The van der Waals surface area contributed by atoms with Crippen LogP contribution in [0.5, 0.6) is 0 Å². The van der Waals surface area contributed by atoms with Gasteiger partial charge in [-0.3, -0.25) is 9.69 Å². The molecule has 4 heteroatoms. The standard InChI is InChI=1S/C24H22BrNO2/c25-20-13-11-17(12-14-20)22-16-26(22)15-21(24(27)28)23(18-7-3-1-4-8-18)19-9-5-2-6-10-19/h1-14,21-23H,15-16H2,(H,27,28)/t21?,22-,26?/m0/s1. The Balaban J connectivity index is 1.60. The van der Waals surface area contributed by atoms with Gasteiger partial charge in [0.1, 0.15) is 0 Å². The van der Waals surface area contributed by atoms with Gasteiger partial charge in [-0.15, -0.1) is 0 Å². The van der Waals surface area contributed by atoms with Gasteiger partial charge in [0.2, 0.25) is 0 Å². The average Bonchev–Trinajstić information content (AvgIpc) is 3.49. The maximum absolute atomic E-state index is 12.3. The van der Waals surface area contributed by atoms with E-state index in [1.54, 1.807) is 0 Å². The van der Waals surface area contributed by atoms with Crippen LogP contribution in [0.2, 0.25) is 0 Å². The fraction of sp³-hybridized carbons (Fsp3) is 0.208. The maximum Gasteiger partial charge on any atom is 0.308 e. The van der Waals surface area contributed by atoms with Crippen molar-refractivity contribution < 1.29 is 9.90 Å². The average molecular weight is 436 g/mol. The van der Waals surface area contributed by atoms with E-state index in [0.29, 0.717) is 12.6 Å². The molecule has 0 spiro atoms. The molecule has 142 valence electrons. The Hall–Kier alpha value is -2.43. The molecule has 3 atom stereocenters. The molecular formula is C24H22BrNO2. The summed E-state index contributed by atoms with van der Waals surface area (Å²) in [5.41, 5.74) is 3.33. The molecule has 0 aliphatic carbocycles. The minimum atomic E-state index is -0.751. The van der Waals surface area contributed by atoms with Gasteiger partial charge < -0.3 is 5.11 Å². The van der Waals surface area contributed by atoms with Crippen LogP contribution < -0.4 is 0 Å². The van der Waals surface area contributed by atoms with Crippen molar-refractivity contribution in [2.75, 3.05) is 13.1 Å². The molecule has 3 aromatic carbocycles. The number of carboxylic acids is 1. The number of nitrogens with zero attached hydrogens (tertiary/aromatic N) is 1. The highest BCUT2D eigenvalue weighted by atomic mass is 79.9. The molecule has 0 amide bonds. The number of hydrogen-bond acceptors (Lipinski definition) is 2. The minimum Gasteiger partial charge on any atom is -0.481 e. The summed E-state index contributed by atoms with van der Waals surface area (Å²) in [6, 6.07) is 28.6. The van der Waals surface area contributed by atoms with Crippen molar-refractivity contribution in [2.24, 2.45) is 5.92 Å². The Bertz CT molecular complexity index is 888. The van der Waals surface area contributed by atoms with Gasteiger partial charge in [-0.1, -0.05) is 88.7 Å². The molecule has 3 nitrogen and oxygen atoms in total. The molecule has 3 aromatic rings. The van der Waals surface area contributed by atoms with Crippen LogP contribution in [0.25, 0.3) is 0 Å². The van der Waals surface area contributed by atoms with Gasteiger partial charge in [-0.05, 0) is 28.8 Å². The van der Waals surface area contributed by atoms with Crippen LogP contribution in [0.3, 0.4) is 0 Å². The van der Waals surface area contributed by atoms with E-state index in [1.165, 1.54) is 5.56 Å². The molecular weight excluding hydrogens is 414 g/mol. The highest BCUT2D eigenvalue weighted by molar-refractivity contribution is 9.10. The summed E-state index contributed by atoms with van der Waals surface area (Å²) in [6.07, 6.45) is 0. The highest BCUT2D eigenvalue weighted by Crippen LogP contribution is 2.40. The summed E-state index contributed by atoms with van der Waals surface area (Å²) in [5.74, 6) is -1.43. The van der Waals surface area contributed by atoms with E-state index in [0.717, 1.165) is 22.1 Å². The monoisotopic (exact) mass is 435 g/mol. The molecule has 1 saturated heterocycles. The molecule has 0 bridgehead atoms. The fourth-order valence-corrected chi connectivity index (χ4v) is 4.20. The van der Waals surface area contributed by atoms with E-state index in [1.807, 2.05) is 72.8 Å². The van der Waals surface area contributed by atoms with Crippen molar-refractivity contribution in [1.82, 2.24) is 4.90 Å². The van der Waals surface area contributed by atoms with E-state index < -0.39 is 11.9 Å². The molecule has 1 aliphatic heterocycles. The van der Waals surface area contributed by atoms with E-state index in [4.69, 9.17) is 0 Å². The third kappa shape index (κ3) is 4.18. The third-order valence-corrected chi connectivity index (χ3v) is 5.97. The SMILES string of the molecule is O=C(O)C(CN1C[C@H]1c1ccc(Br)cc1)C(c1ccccc1)c1ccccc1. The lowest BCUT2D eigenvalue weighted by Gasteiger charge is -2.26. The van der Waals surface area contributed by atoms with Crippen molar-refractivity contribution in [3.05, 3.63) is 106 Å². The Labute approximate surface area is 173 Å². The van der Waals surface area contributed by atoms with E-state index in [2.05, 4.69) is 33.0 Å². The van der Waals surface area contributed by atoms with Crippen LogP contribution in [-0.4, -0.2) is 29.1 Å². The Kier molecular flexibility index (Phi) is 5.60. The zero-order valence-corrected chi connectivity index (χ0v) is 17.0. The zero-order chi connectivity index (χ0) is 19.5. The number of halogens is 1. The molecule has 0 aromatic heterocycles. The topological polar surface area (TPSA) is 40.3 Å². The first-order valence-electron chi connectivity index (χ1n) is 9.45. The second kappa shape index (κ2) is 8.29. The molecule has 4 rings (SSSR count). The van der Waals surface area contributed by atoms with Gasteiger partial charge in [-0.2, -0.15) is 0 Å². The Morgan fingerprint density at radius 2 is 1.46 bits per heavy atom. The number of hydrogen-bond donors (Lipinski definition) is 1. The van der Waals surface area contributed by atoms with Gasteiger partial charge in [-0.25, -0.2) is 0 Å². The van der Waals surface area contributed by atoms with Gasteiger partial charge in [0.25, 0.3) is 0 Å². The van der Waals surface area contributed by atoms with Crippen LogP contribution in [0.4, 0.5) is 0 Å². The molecule has 1 aliphatic rings. The number of benzene rings is 3. The minimum absolute atomic E-state index is 0.175. The predicted octanol–water partition coefficient (Wildman–Crippen LogP) is 5.34. The van der Waals surface area contributed by atoms with E-state index in [-0.39, 0.29) is 5.92 Å². The first-order chi connectivity index (χ1) is 13.6. The smallest absolute Gasteiger partial charge is 0.308 e. The second-order valence-corrected chi connectivity index (χ2v) is 8.18. The lowest BCUT2D eigenvalue weighted by Crippen LogP contribution is -2.30. The largest absolute Gasteiger partial charge is 0.481 e. The maximum atomic E-state index is 12.3. The Morgan fingerprint density at radius 3 is 1.96 bits per heavy atom. The highest BCUT2D eigenvalue weighted by Gasteiger charge is 2.41. The molecule has 1 N–H and O–H groups in total. The van der Waals surface area contributed by atoms with Crippen molar-refractivity contribution in [2.45, 2.75) is 12.0 Å². The van der Waals surface area contributed by atoms with Gasteiger partial charge in [0.15, 0.2) is 0 Å². The van der Waals surface area contributed by atoms with Crippen molar-refractivity contribution in [3.63, 3.8) is 0 Å². The van der Waals surface area contributed by atoms with E-state index in [9.17, 15) is 9.90 Å². The molecule has 1 heterocycles. The van der Waals surface area contributed by atoms with Gasteiger partial charge >= 0.3 is 5.97 Å². The summed E-state index contributed by atoms with van der Waals surface area (Å²) < 4.78 is 1.06. The van der Waals surface area contributed by atoms with Crippen molar-refractivity contribution in [3.8, 4) is 0 Å². The Morgan fingerprint density at radius 1 is 0.929 bits per heavy atom. The lowest BCUT2D eigenvalue weighted by molar-refractivity contribution is -0.142. The number of rotatable bonds is 7. The molecule has 0 saturated carbocycles. The molecule has 1 fully saturated rings. The number of carboxylic acid groups (broad SMARTS) is 1. The van der Waals surface area contributed by atoms with Gasteiger partial charge in [0.05, 0.1) is 5.92 Å². The normalized spacial score (nSPS) is 19.4. The van der Waals surface area contributed by atoms with Crippen LogP contribution in [0.15, 0.2) is 89.4 Å². The van der Waals surface area contributed by atoms with E-state index >= 15 is 0 Å². The van der Waals surface area contributed by atoms with Crippen molar-refractivity contribution >= 4 is 21.9 Å². The summed E-state index contributed by atoms with van der Waals surface area (Å²) in [4.78, 5) is 14.6. The van der Waals surface area contributed by atoms with Crippen LogP contribution >= 0.6 is 15.9 Å². The molecule has 0 radical (unpaired) electrons. The number of aliphatic carboxylic acids is 1. The predicted molar refractivity (Wildman–Crippen MR) is 114 cm³/mol. The van der Waals surface area contributed by atoms with Crippen LogP contribution in [-0.2, 0) is 4.79 Å². The molecule has 2 unspecified atom stereocenters. The lowest BCUT2D eigenvalue weighted by atomic mass is 9.80. The third-order valence-electron chi connectivity index (χ3n) is 5.44. The fourth-order valence-electron chi connectivity index (χ4n) is 3.93. The summed E-state index contributed by atoms with van der Waals surface area (Å²) in [6.45, 7) is 1.44. The van der Waals surface area contributed by atoms with Crippen LogP contribution in [0, 0.1) is 5.92 Å². The second-order valence-electron chi connectivity index (χ2n) is 7.27. The van der Waals surface area contributed by atoms with Gasteiger partial charge in [0, 0.05) is 29.5 Å². The summed E-state index contributed by atoms with van der Waals surface area (Å²) in [7, 11) is 0. The molecule has 28 heavy (non-hydrogen) atoms. The quantitative estimate of drug-likeness (QED) is 0.509. The van der Waals surface area contributed by atoms with Crippen molar-refractivity contribution in [1.29, 1.82) is 0 Å². The summed E-state index contributed by atoms with van der Waals surface area (Å²) >= 11 is 3.47. The first-order valence-corrected chi connectivity index (χ1v) is 10.2. The summed E-state index contributed by atoms with van der Waals surface area (Å²) in [5, 5.41) is 10.1. The zero-order valence-electron chi connectivity index (χ0n) is 15.4.